The van der Waals surface area contributed by atoms with Gasteiger partial charge >= 0.3 is 0 Å². The Morgan fingerprint density at radius 2 is 1.89 bits per heavy atom. The lowest BCUT2D eigenvalue weighted by Gasteiger charge is -2.41. The number of nitrogens with one attached hydrogen (secondary N) is 1. The van der Waals surface area contributed by atoms with Gasteiger partial charge in [0.1, 0.15) is 0 Å². The summed E-state index contributed by atoms with van der Waals surface area (Å²) >= 11 is 5.67. The van der Waals surface area contributed by atoms with Gasteiger partial charge in [-0.05, 0) is 24.7 Å². The molecular formula is C15H29ClN2. The molecule has 106 valence electrons. The Hall–Kier alpha value is -0.0500. The second-order valence-electron chi connectivity index (χ2n) is 6.33. The quantitative estimate of drug-likeness (QED) is 0.797. The Kier molecular flexibility index (Phi) is 7.28. The van der Waals surface area contributed by atoms with E-state index in [2.05, 4.69) is 44.0 Å². The van der Waals surface area contributed by atoms with Crippen molar-refractivity contribution < 1.29 is 0 Å². The molecule has 1 N–H and O–H groups in total. The normalized spacial score (nSPS) is 26.6. The maximum atomic E-state index is 5.67. The van der Waals surface area contributed by atoms with Crippen molar-refractivity contribution in [3.8, 4) is 0 Å². The SMILES string of the molecule is CC(C)CC1CN(C/C=C/Cl)C(CC(C)C)CN1. The lowest BCUT2D eigenvalue weighted by Crippen LogP contribution is -2.57. The monoisotopic (exact) mass is 272 g/mol. The van der Waals surface area contributed by atoms with Gasteiger partial charge in [0.15, 0.2) is 0 Å². The Morgan fingerprint density at radius 3 is 2.44 bits per heavy atom. The van der Waals surface area contributed by atoms with Crippen LogP contribution in [0.2, 0.25) is 0 Å². The molecule has 0 aromatic heterocycles. The average molecular weight is 273 g/mol. The van der Waals surface area contributed by atoms with Crippen LogP contribution in [0.3, 0.4) is 0 Å². The zero-order valence-corrected chi connectivity index (χ0v) is 13.1. The molecule has 1 heterocycles. The molecule has 0 amide bonds. The third-order valence-electron chi connectivity index (χ3n) is 3.54. The summed E-state index contributed by atoms with van der Waals surface area (Å²) in [5.41, 5.74) is 1.64. The zero-order chi connectivity index (χ0) is 13.5. The van der Waals surface area contributed by atoms with E-state index in [-0.39, 0.29) is 0 Å². The molecule has 0 radical (unpaired) electrons. The summed E-state index contributed by atoms with van der Waals surface area (Å²) in [5, 5.41) is 3.71. The molecule has 2 unspecified atom stereocenters. The van der Waals surface area contributed by atoms with Crippen LogP contribution in [0.15, 0.2) is 11.6 Å². The standard InChI is InChI=1S/C15H29ClN2/c1-12(2)8-14-11-18(7-5-6-16)15(10-17-14)9-13(3)4/h5-6,12-15,17H,7-11H2,1-4H3/b6-5+. The largest absolute Gasteiger partial charge is 0.311 e. The third kappa shape index (κ3) is 5.73. The highest BCUT2D eigenvalue weighted by Gasteiger charge is 2.27. The maximum Gasteiger partial charge on any atom is 0.0227 e. The lowest BCUT2D eigenvalue weighted by molar-refractivity contribution is 0.120. The fourth-order valence-electron chi connectivity index (χ4n) is 2.83. The first kappa shape index (κ1) is 16.0. The molecule has 0 aromatic rings. The molecule has 1 aliphatic rings. The smallest absolute Gasteiger partial charge is 0.0227 e. The van der Waals surface area contributed by atoms with Crippen molar-refractivity contribution in [2.24, 2.45) is 11.8 Å². The molecule has 18 heavy (non-hydrogen) atoms. The molecule has 2 atom stereocenters. The van der Waals surface area contributed by atoms with Crippen LogP contribution in [0.25, 0.3) is 0 Å². The highest BCUT2D eigenvalue weighted by Crippen LogP contribution is 2.18. The molecule has 3 heteroatoms. The van der Waals surface area contributed by atoms with Crippen LogP contribution in [-0.4, -0.2) is 36.6 Å². The number of halogens is 1. The van der Waals surface area contributed by atoms with E-state index in [9.17, 15) is 0 Å². The Labute approximate surface area is 118 Å². The summed E-state index contributed by atoms with van der Waals surface area (Å²) in [4.78, 5) is 2.59. The van der Waals surface area contributed by atoms with Gasteiger partial charge in [-0.2, -0.15) is 0 Å². The fourth-order valence-corrected chi connectivity index (χ4v) is 2.91. The average Bonchev–Trinajstić information content (AvgIpc) is 2.27. The second-order valence-corrected chi connectivity index (χ2v) is 6.59. The number of rotatable bonds is 6. The van der Waals surface area contributed by atoms with Gasteiger partial charge < -0.3 is 5.32 Å². The minimum Gasteiger partial charge on any atom is -0.311 e. The van der Waals surface area contributed by atoms with Crippen LogP contribution in [0.5, 0.6) is 0 Å². The fraction of sp³-hybridized carbons (Fsp3) is 0.867. The van der Waals surface area contributed by atoms with E-state index in [0.717, 1.165) is 31.5 Å². The molecule has 2 nitrogen and oxygen atoms in total. The topological polar surface area (TPSA) is 15.3 Å². The summed E-state index contributed by atoms with van der Waals surface area (Å²) < 4.78 is 0. The molecule has 0 bridgehead atoms. The van der Waals surface area contributed by atoms with E-state index in [1.165, 1.54) is 12.8 Å². The first-order valence-electron chi connectivity index (χ1n) is 7.25. The van der Waals surface area contributed by atoms with Gasteiger partial charge in [-0.3, -0.25) is 4.90 Å². The number of piperazine rings is 1. The molecule has 1 aliphatic heterocycles. The molecule has 0 aliphatic carbocycles. The van der Waals surface area contributed by atoms with Gasteiger partial charge in [0.05, 0.1) is 0 Å². The first-order valence-corrected chi connectivity index (χ1v) is 7.69. The first-order chi connectivity index (χ1) is 8.52. The van der Waals surface area contributed by atoms with Crippen molar-refractivity contribution in [3.05, 3.63) is 11.6 Å². The number of nitrogens with zero attached hydrogens (tertiary/aromatic N) is 1. The molecule has 1 saturated heterocycles. The van der Waals surface area contributed by atoms with Crippen molar-refractivity contribution in [2.75, 3.05) is 19.6 Å². The van der Waals surface area contributed by atoms with Gasteiger partial charge in [-0.15, -0.1) is 0 Å². The Balaban J connectivity index is 2.54. The molecule has 1 fully saturated rings. The second kappa shape index (κ2) is 8.19. The zero-order valence-electron chi connectivity index (χ0n) is 12.3. The van der Waals surface area contributed by atoms with Crippen molar-refractivity contribution in [2.45, 2.75) is 52.6 Å². The van der Waals surface area contributed by atoms with Crippen LogP contribution in [-0.2, 0) is 0 Å². The van der Waals surface area contributed by atoms with Gasteiger partial charge in [-0.25, -0.2) is 0 Å². The third-order valence-corrected chi connectivity index (χ3v) is 3.72. The van der Waals surface area contributed by atoms with Crippen LogP contribution >= 0.6 is 11.6 Å². The van der Waals surface area contributed by atoms with Crippen LogP contribution in [0.4, 0.5) is 0 Å². The molecule has 0 spiro atoms. The van der Waals surface area contributed by atoms with E-state index < -0.39 is 0 Å². The summed E-state index contributed by atoms with van der Waals surface area (Å²) in [6.07, 6.45) is 4.58. The Morgan fingerprint density at radius 1 is 1.22 bits per heavy atom. The van der Waals surface area contributed by atoms with Crippen molar-refractivity contribution in [1.82, 2.24) is 10.2 Å². The van der Waals surface area contributed by atoms with Gasteiger partial charge in [0.2, 0.25) is 0 Å². The highest BCUT2D eigenvalue weighted by molar-refractivity contribution is 6.25. The Bertz CT molecular complexity index is 251. The summed E-state index contributed by atoms with van der Waals surface area (Å²) in [6.45, 7) is 12.4. The highest BCUT2D eigenvalue weighted by atomic mass is 35.5. The summed E-state index contributed by atoms with van der Waals surface area (Å²) in [6, 6.07) is 1.29. The summed E-state index contributed by atoms with van der Waals surface area (Å²) in [5.74, 6) is 1.51. The van der Waals surface area contributed by atoms with Gasteiger partial charge in [-0.1, -0.05) is 45.4 Å². The summed E-state index contributed by atoms with van der Waals surface area (Å²) in [7, 11) is 0. The van der Waals surface area contributed by atoms with Crippen LogP contribution < -0.4 is 5.32 Å². The van der Waals surface area contributed by atoms with E-state index in [1.807, 2.05) is 0 Å². The predicted octanol–water partition coefficient (Wildman–Crippen LogP) is 3.47. The molecular weight excluding hydrogens is 244 g/mol. The molecule has 1 rings (SSSR count). The lowest BCUT2D eigenvalue weighted by atomic mass is 9.95. The van der Waals surface area contributed by atoms with E-state index >= 15 is 0 Å². The van der Waals surface area contributed by atoms with Crippen LogP contribution in [0, 0.1) is 11.8 Å². The molecule has 0 aromatic carbocycles. The van der Waals surface area contributed by atoms with Gasteiger partial charge in [0, 0.05) is 37.3 Å². The van der Waals surface area contributed by atoms with Crippen molar-refractivity contribution >= 4 is 11.6 Å². The van der Waals surface area contributed by atoms with Crippen molar-refractivity contribution in [3.63, 3.8) is 0 Å². The van der Waals surface area contributed by atoms with Gasteiger partial charge in [0.25, 0.3) is 0 Å². The van der Waals surface area contributed by atoms with Crippen LogP contribution in [0.1, 0.15) is 40.5 Å². The van der Waals surface area contributed by atoms with E-state index in [0.29, 0.717) is 12.1 Å². The molecule has 0 saturated carbocycles. The van der Waals surface area contributed by atoms with Crippen molar-refractivity contribution in [1.29, 1.82) is 0 Å². The van der Waals surface area contributed by atoms with E-state index in [1.54, 1.807) is 5.54 Å². The minimum atomic E-state index is 0.636. The predicted molar refractivity (Wildman–Crippen MR) is 81.1 cm³/mol. The van der Waals surface area contributed by atoms with E-state index in [4.69, 9.17) is 11.6 Å². The maximum absolute atomic E-state index is 5.67. The number of hydrogen-bond acceptors (Lipinski definition) is 2. The minimum absolute atomic E-state index is 0.636. The number of hydrogen-bond donors (Lipinski definition) is 1.